The Morgan fingerprint density at radius 3 is 2.71 bits per heavy atom. The van der Waals surface area contributed by atoms with Gasteiger partial charge in [0, 0.05) is 36.6 Å². The Morgan fingerprint density at radius 2 is 1.97 bits per heavy atom. The van der Waals surface area contributed by atoms with Crippen molar-refractivity contribution in [2.24, 2.45) is 0 Å². The number of aromatic amines is 1. The van der Waals surface area contributed by atoms with Gasteiger partial charge in [0.2, 0.25) is 0 Å². The Balaban J connectivity index is 1.64. The number of fused-ring (bicyclic) bond motifs is 3. The molecule has 5 heterocycles. The van der Waals surface area contributed by atoms with Crippen LogP contribution in [0.15, 0.2) is 66.1 Å². The van der Waals surface area contributed by atoms with Gasteiger partial charge in [0.15, 0.2) is 17.3 Å². The Hall–Kier alpha value is -3.50. The highest BCUT2D eigenvalue weighted by Gasteiger charge is 2.27. The number of H-pyrrole nitrogens is 1. The van der Waals surface area contributed by atoms with Gasteiger partial charge in [-0.15, -0.1) is 0 Å². The number of hydrogen-bond donors (Lipinski definition) is 2. The molecule has 10 heteroatoms. The molecule has 0 spiro atoms. The molecule has 9 nitrogen and oxygen atoms in total. The first-order valence-corrected chi connectivity index (χ1v) is 11.5. The zero-order valence-corrected chi connectivity index (χ0v) is 17.2. The van der Waals surface area contributed by atoms with Crippen LogP contribution in [0.25, 0.3) is 33.7 Å². The van der Waals surface area contributed by atoms with E-state index in [0.717, 1.165) is 36.2 Å². The summed E-state index contributed by atoms with van der Waals surface area (Å²) in [5, 5.41) is 4.15. The van der Waals surface area contributed by atoms with Gasteiger partial charge < -0.3 is 14.9 Å². The van der Waals surface area contributed by atoms with Crippen LogP contribution in [-0.2, 0) is 10.0 Å². The number of nitrogens with zero attached hydrogens (tertiary/aromatic N) is 5. The van der Waals surface area contributed by atoms with E-state index in [4.69, 9.17) is 4.98 Å². The van der Waals surface area contributed by atoms with E-state index in [1.165, 1.54) is 3.97 Å². The molecule has 1 aliphatic heterocycles. The molecule has 6 rings (SSSR count). The number of aromatic nitrogens is 6. The molecule has 4 aromatic heterocycles. The normalized spacial score (nSPS) is 17.1. The van der Waals surface area contributed by atoms with E-state index >= 15 is 0 Å². The van der Waals surface area contributed by atoms with Gasteiger partial charge in [-0.1, -0.05) is 18.2 Å². The number of hydrogen-bond acceptors (Lipinski definition) is 6. The lowest BCUT2D eigenvalue weighted by Gasteiger charge is -2.15. The van der Waals surface area contributed by atoms with E-state index in [9.17, 15) is 8.42 Å². The molecule has 0 aliphatic carbocycles. The van der Waals surface area contributed by atoms with Crippen molar-refractivity contribution >= 4 is 32.1 Å². The predicted molar refractivity (Wildman–Crippen MR) is 116 cm³/mol. The van der Waals surface area contributed by atoms with Crippen molar-refractivity contribution in [3.63, 3.8) is 0 Å². The molecule has 5 aromatic rings. The summed E-state index contributed by atoms with van der Waals surface area (Å²) in [4.78, 5) is 17.0. The molecule has 0 amide bonds. The average Bonchev–Trinajstić information content (AvgIpc) is 3.58. The quantitative estimate of drug-likeness (QED) is 0.451. The minimum absolute atomic E-state index is 0.185. The van der Waals surface area contributed by atoms with Crippen LogP contribution in [0, 0.1) is 0 Å². The molecule has 31 heavy (non-hydrogen) atoms. The maximum atomic E-state index is 13.3. The van der Waals surface area contributed by atoms with Crippen LogP contribution < -0.4 is 5.32 Å². The fourth-order valence-corrected chi connectivity index (χ4v) is 5.64. The summed E-state index contributed by atoms with van der Waals surface area (Å²) < 4.78 is 29.9. The lowest BCUT2D eigenvalue weighted by molar-refractivity contribution is 0.566. The summed E-state index contributed by atoms with van der Waals surface area (Å²) in [6.07, 6.45) is 7.62. The minimum Gasteiger partial charge on any atom is -0.342 e. The molecule has 1 atom stereocenters. The molecule has 156 valence electrons. The zero-order valence-electron chi connectivity index (χ0n) is 16.4. The van der Waals surface area contributed by atoms with Crippen molar-refractivity contribution in [1.29, 1.82) is 0 Å². The monoisotopic (exact) mass is 433 g/mol. The topological polar surface area (TPSA) is 110 Å². The smallest absolute Gasteiger partial charge is 0.269 e. The van der Waals surface area contributed by atoms with E-state index in [1.807, 2.05) is 0 Å². The second-order valence-electron chi connectivity index (χ2n) is 7.55. The summed E-state index contributed by atoms with van der Waals surface area (Å²) in [7, 11) is -3.77. The predicted octanol–water partition coefficient (Wildman–Crippen LogP) is 2.55. The van der Waals surface area contributed by atoms with Crippen LogP contribution in [-0.4, -0.2) is 50.0 Å². The van der Waals surface area contributed by atoms with Gasteiger partial charge in [-0.2, -0.15) is 0 Å². The first-order valence-electron chi connectivity index (χ1n) is 10.0. The second-order valence-corrected chi connectivity index (χ2v) is 9.36. The molecule has 1 fully saturated rings. The van der Waals surface area contributed by atoms with Crippen molar-refractivity contribution < 1.29 is 8.42 Å². The minimum atomic E-state index is -3.77. The zero-order chi connectivity index (χ0) is 21.0. The lowest BCUT2D eigenvalue weighted by atomic mass is 10.2. The molecule has 0 bridgehead atoms. The molecular formula is C21H19N7O2S. The third-order valence-corrected chi connectivity index (χ3v) is 7.42. The van der Waals surface area contributed by atoms with Crippen LogP contribution >= 0.6 is 0 Å². The third-order valence-electron chi connectivity index (χ3n) is 5.74. The second kappa shape index (κ2) is 6.76. The molecule has 1 saturated heterocycles. The first kappa shape index (κ1) is 18.3. The maximum Gasteiger partial charge on any atom is 0.269 e. The van der Waals surface area contributed by atoms with E-state index < -0.39 is 10.0 Å². The van der Waals surface area contributed by atoms with Crippen LogP contribution in [0.3, 0.4) is 0 Å². The van der Waals surface area contributed by atoms with E-state index in [1.54, 1.807) is 61.2 Å². The van der Waals surface area contributed by atoms with Crippen LogP contribution in [0.4, 0.5) is 0 Å². The maximum absolute atomic E-state index is 13.3. The van der Waals surface area contributed by atoms with Gasteiger partial charge in [0.25, 0.3) is 10.0 Å². The lowest BCUT2D eigenvalue weighted by Crippen LogP contribution is -2.15. The van der Waals surface area contributed by atoms with Crippen molar-refractivity contribution in [2.75, 3.05) is 13.1 Å². The number of imidazole rings is 2. The third kappa shape index (κ3) is 2.72. The Labute approximate surface area is 177 Å². The molecule has 2 N–H and O–H groups in total. The largest absolute Gasteiger partial charge is 0.342 e. The Morgan fingerprint density at radius 1 is 1.10 bits per heavy atom. The number of benzene rings is 1. The number of pyridine rings is 1. The molecule has 1 aromatic carbocycles. The van der Waals surface area contributed by atoms with Gasteiger partial charge >= 0.3 is 0 Å². The number of rotatable bonds is 4. The molecule has 0 unspecified atom stereocenters. The molecule has 0 radical (unpaired) electrons. The molecular weight excluding hydrogens is 414 g/mol. The highest BCUT2D eigenvalue weighted by atomic mass is 32.2. The van der Waals surface area contributed by atoms with Crippen molar-refractivity contribution in [2.45, 2.75) is 17.4 Å². The highest BCUT2D eigenvalue weighted by molar-refractivity contribution is 7.90. The first-order chi connectivity index (χ1) is 15.1. The number of nitrogens with one attached hydrogen (secondary N) is 2. The van der Waals surface area contributed by atoms with E-state index in [2.05, 4.69) is 24.8 Å². The molecule has 1 aliphatic rings. The van der Waals surface area contributed by atoms with Gasteiger partial charge in [-0.05, 0) is 31.2 Å². The van der Waals surface area contributed by atoms with E-state index in [-0.39, 0.29) is 10.9 Å². The van der Waals surface area contributed by atoms with Gasteiger partial charge in [-0.3, -0.25) is 0 Å². The fraction of sp³-hybridized carbons (Fsp3) is 0.190. The fourth-order valence-electron chi connectivity index (χ4n) is 4.32. The standard InChI is InChI=1S/C21H19N7O2S/c29-31(30,15-4-2-1-3-5-15)27-11-7-16-18-17(13-25-20(16)27)26-21(19-23-9-10-24-19)28(18)14-6-8-22-12-14/h1-5,7,9-11,13-14,22H,6,8,12H2,(H,23,24)/t14-/m1/s1. The highest BCUT2D eigenvalue weighted by Crippen LogP contribution is 2.34. The molecule has 0 saturated carbocycles. The van der Waals surface area contributed by atoms with Crippen molar-refractivity contribution in [3.05, 3.63) is 61.2 Å². The summed E-state index contributed by atoms with van der Waals surface area (Å²) >= 11 is 0. The Kier molecular flexibility index (Phi) is 3.99. The van der Waals surface area contributed by atoms with Crippen LogP contribution in [0.5, 0.6) is 0 Å². The van der Waals surface area contributed by atoms with Gasteiger partial charge in [-0.25, -0.2) is 27.3 Å². The Bertz CT molecular complexity index is 1500. The average molecular weight is 433 g/mol. The summed E-state index contributed by atoms with van der Waals surface area (Å²) in [5.41, 5.74) is 1.96. The van der Waals surface area contributed by atoms with Gasteiger partial charge in [0.1, 0.15) is 5.52 Å². The van der Waals surface area contributed by atoms with Crippen LogP contribution in [0.1, 0.15) is 12.5 Å². The van der Waals surface area contributed by atoms with Crippen molar-refractivity contribution in [3.8, 4) is 11.6 Å². The van der Waals surface area contributed by atoms with Crippen LogP contribution in [0.2, 0.25) is 0 Å². The van der Waals surface area contributed by atoms with Crippen molar-refractivity contribution in [1.82, 2.24) is 33.8 Å². The summed E-state index contributed by atoms with van der Waals surface area (Å²) in [5.74, 6) is 1.40. The summed E-state index contributed by atoms with van der Waals surface area (Å²) in [6, 6.07) is 10.4. The van der Waals surface area contributed by atoms with E-state index in [0.29, 0.717) is 17.0 Å². The van der Waals surface area contributed by atoms with Gasteiger partial charge in [0.05, 0.1) is 16.6 Å². The SMILES string of the molecule is O=S(=O)(c1ccccc1)n1ccc2c1ncc1nc(-c3ncc[nH]3)n([C@@H]3CCNC3)c12. The summed E-state index contributed by atoms with van der Waals surface area (Å²) in [6.45, 7) is 1.73.